The van der Waals surface area contributed by atoms with Gasteiger partial charge in [-0.3, -0.25) is 0 Å². The van der Waals surface area contributed by atoms with Gasteiger partial charge in [-0.15, -0.1) is 5.10 Å². The van der Waals surface area contributed by atoms with Gasteiger partial charge in [0.2, 0.25) is 10.0 Å². The SMILES string of the molecule is CC1CN(S(=O)(=O)c2cccc(C(=O)Oc3ccc(-n4cnnn4)cc3)c2)CC(C)O1. The van der Waals surface area contributed by atoms with Gasteiger partial charge in [-0.1, -0.05) is 6.07 Å². The minimum Gasteiger partial charge on any atom is -0.423 e. The van der Waals surface area contributed by atoms with Crippen molar-refractivity contribution < 1.29 is 22.7 Å². The van der Waals surface area contributed by atoms with Gasteiger partial charge in [0.1, 0.15) is 12.1 Å². The number of benzene rings is 2. The number of rotatable bonds is 5. The number of esters is 1. The molecule has 0 N–H and O–H groups in total. The second-order valence-electron chi connectivity index (χ2n) is 7.24. The van der Waals surface area contributed by atoms with Gasteiger partial charge in [0, 0.05) is 13.1 Å². The van der Waals surface area contributed by atoms with Gasteiger partial charge in [-0.05, 0) is 66.7 Å². The molecule has 1 fully saturated rings. The number of hydrogen-bond donors (Lipinski definition) is 0. The van der Waals surface area contributed by atoms with Crippen molar-refractivity contribution in [3.8, 4) is 11.4 Å². The molecule has 2 heterocycles. The summed E-state index contributed by atoms with van der Waals surface area (Å²) in [7, 11) is -3.76. The number of sulfonamides is 1. The van der Waals surface area contributed by atoms with E-state index in [0.717, 1.165) is 0 Å². The molecule has 31 heavy (non-hydrogen) atoms. The summed E-state index contributed by atoms with van der Waals surface area (Å²) in [5.74, 6) is -0.346. The molecule has 162 valence electrons. The van der Waals surface area contributed by atoms with Crippen molar-refractivity contribution in [1.82, 2.24) is 24.5 Å². The highest BCUT2D eigenvalue weighted by Gasteiger charge is 2.32. The minimum atomic E-state index is -3.76. The lowest BCUT2D eigenvalue weighted by atomic mass is 10.2. The van der Waals surface area contributed by atoms with Gasteiger partial charge in [0.25, 0.3) is 0 Å². The minimum absolute atomic E-state index is 0.0391. The largest absolute Gasteiger partial charge is 0.423 e. The maximum atomic E-state index is 13.1. The second-order valence-corrected chi connectivity index (χ2v) is 9.18. The van der Waals surface area contributed by atoms with Gasteiger partial charge in [-0.25, -0.2) is 17.9 Å². The van der Waals surface area contributed by atoms with Crippen molar-refractivity contribution in [2.75, 3.05) is 13.1 Å². The van der Waals surface area contributed by atoms with Crippen LogP contribution in [0.3, 0.4) is 0 Å². The fourth-order valence-corrected chi connectivity index (χ4v) is 5.01. The first-order valence-corrected chi connectivity index (χ1v) is 11.1. The van der Waals surface area contributed by atoms with Crippen LogP contribution in [0.25, 0.3) is 5.69 Å². The number of nitrogens with zero attached hydrogens (tertiary/aromatic N) is 5. The third-order valence-corrected chi connectivity index (χ3v) is 6.58. The van der Waals surface area contributed by atoms with E-state index >= 15 is 0 Å². The fraction of sp³-hybridized carbons (Fsp3) is 0.300. The van der Waals surface area contributed by atoms with Crippen molar-refractivity contribution in [3.63, 3.8) is 0 Å². The van der Waals surface area contributed by atoms with Crippen LogP contribution in [0.4, 0.5) is 0 Å². The van der Waals surface area contributed by atoms with Crippen LogP contribution in [0.15, 0.2) is 59.8 Å². The molecule has 0 radical (unpaired) electrons. The van der Waals surface area contributed by atoms with Gasteiger partial charge in [0.15, 0.2) is 0 Å². The highest BCUT2D eigenvalue weighted by molar-refractivity contribution is 7.89. The van der Waals surface area contributed by atoms with E-state index < -0.39 is 16.0 Å². The molecular formula is C20H21N5O5S. The highest BCUT2D eigenvalue weighted by atomic mass is 32.2. The predicted octanol–water partition coefficient (Wildman–Crippen LogP) is 1.68. The summed E-state index contributed by atoms with van der Waals surface area (Å²) >= 11 is 0. The van der Waals surface area contributed by atoms with E-state index in [-0.39, 0.29) is 35.8 Å². The predicted molar refractivity (Wildman–Crippen MR) is 109 cm³/mol. The van der Waals surface area contributed by atoms with Gasteiger partial charge >= 0.3 is 5.97 Å². The fourth-order valence-electron chi connectivity index (χ4n) is 3.37. The van der Waals surface area contributed by atoms with Crippen molar-refractivity contribution in [2.45, 2.75) is 31.0 Å². The Balaban J connectivity index is 1.50. The van der Waals surface area contributed by atoms with Gasteiger partial charge in [-0.2, -0.15) is 4.31 Å². The molecule has 3 aromatic rings. The van der Waals surface area contributed by atoms with Crippen LogP contribution in [0.5, 0.6) is 5.75 Å². The molecule has 10 nitrogen and oxygen atoms in total. The summed E-state index contributed by atoms with van der Waals surface area (Å²) in [6.45, 7) is 4.18. The van der Waals surface area contributed by atoms with E-state index in [4.69, 9.17) is 9.47 Å². The number of morpholine rings is 1. The van der Waals surface area contributed by atoms with Crippen LogP contribution in [0, 0.1) is 0 Å². The summed E-state index contributed by atoms with van der Waals surface area (Å²) in [6.07, 6.45) is 1.04. The van der Waals surface area contributed by atoms with E-state index in [1.165, 1.54) is 39.6 Å². The summed E-state index contributed by atoms with van der Waals surface area (Å²) in [6, 6.07) is 12.4. The van der Waals surface area contributed by atoms with Crippen LogP contribution in [0.1, 0.15) is 24.2 Å². The summed E-state index contributed by atoms with van der Waals surface area (Å²) in [5, 5.41) is 10.9. The van der Waals surface area contributed by atoms with E-state index in [1.54, 1.807) is 24.3 Å². The Kier molecular flexibility index (Phi) is 5.81. The molecule has 1 aliphatic heterocycles. The number of aromatic nitrogens is 4. The Hall–Kier alpha value is -3.15. The Morgan fingerprint density at radius 1 is 1.10 bits per heavy atom. The van der Waals surface area contributed by atoms with Crippen LogP contribution in [-0.4, -0.2) is 64.2 Å². The average molecular weight is 443 g/mol. The third kappa shape index (κ3) is 4.63. The normalized spacial score (nSPS) is 19.8. The average Bonchev–Trinajstić information content (AvgIpc) is 3.28. The van der Waals surface area contributed by atoms with Crippen LogP contribution in [-0.2, 0) is 14.8 Å². The summed E-state index contributed by atoms with van der Waals surface area (Å²) < 4.78 is 40.0. The number of hydrogen-bond acceptors (Lipinski definition) is 8. The molecule has 0 amide bonds. The first kappa shape index (κ1) is 21.1. The van der Waals surface area contributed by atoms with Crippen LogP contribution < -0.4 is 4.74 Å². The quantitative estimate of drug-likeness (QED) is 0.432. The zero-order chi connectivity index (χ0) is 22.0. The number of tetrazole rings is 1. The lowest BCUT2D eigenvalue weighted by Crippen LogP contribution is -2.48. The van der Waals surface area contributed by atoms with Crippen molar-refractivity contribution >= 4 is 16.0 Å². The first-order chi connectivity index (χ1) is 14.8. The van der Waals surface area contributed by atoms with Crippen LogP contribution in [0.2, 0.25) is 0 Å². The Bertz CT molecular complexity index is 1150. The lowest BCUT2D eigenvalue weighted by Gasteiger charge is -2.34. The number of carbonyl (C=O) groups is 1. The number of ether oxygens (including phenoxy) is 2. The monoisotopic (exact) mass is 443 g/mol. The molecule has 0 saturated carbocycles. The standard InChI is InChI=1S/C20H21N5O5S/c1-14-11-24(12-15(2)29-14)31(27,28)19-5-3-4-16(10-19)20(26)30-18-8-6-17(7-9-18)25-13-21-22-23-25/h3-10,13-15H,11-12H2,1-2H3. The highest BCUT2D eigenvalue weighted by Crippen LogP contribution is 2.23. The van der Waals surface area contributed by atoms with Gasteiger partial charge < -0.3 is 9.47 Å². The molecular weight excluding hydrogens is 422 g/mol. The van der Waals surface area contributed by atoms with Gasteiger partial charge in [0.05, 0.1) is 28.4 Å². The van der Waals surface area contributed by atoms with Crippen molar-refractivity contribution in [2.24, 2.45) is 0 Å². The Labute approximate surface area is 179 Å². The maximum absolute atomic E-state index is 13.1. The van der Waals surface area contributed by atoms with E-state index in [0.29, 0.717) is 11.4 Å². The van der Waals surface area contributed by atoms with E-state index in [1.807, 2.05) is 13.8 Å². The zero-order valence-electron chi connectivity index (χ0n) is 17.0. The lowest BCUT2D eigenvalue weighted by molar-refractivity contribution is -0.0440. The van der Waals surface area contributed by atoms with Crippen molar-refractivity contribution in [3.05, 3.63) is 60.4 Å². The Morgan fingerprint density at radius 2 is 1.81 bits per heavy atom. The van der Waals surface area contributed by atoms with Crippen molar-refractivity contribution in [1.29, 1.82) is 0 Å². The summed E-state index contributed by atoms with van der Waals surface area (Å²) in [4.78, 5) is 12.6. The molecule has 1 aliphatic rings. The molecule has 2 unspecified atom stereocenters. The molecule has 11 heteroatoms. The molecule has 2 aromatic carbocycles. The molecule has 0 bridgehead atoms. The van der Waals surface area contributed by atoms with E-state index in [9.17, 15) is 13.2 Å². The Morgan fingerprint density at radius 3 is 2.45 bits per heavy atom. The first-order valence-electron chi connectivity index (χ1n) is 9.64. The third-order valence-electron chi connectivity index (χ3n) is 4.75. The molecule has 2 atom stereocenters. The maximum Gasteiger partial charge on any atom is 0.343 e. The van der Waals surface area contributed by atoms with Crippen LogP contribution >= 0.6 is 0 Å². The topological polar surface area (TPSA) is 117 Å². The smallest absolute Gasteiger partial charge is 0.343 e. The molecule has 0 aliphatic carbocycles. The summed E-state index contributed by atoms with van der Waals surface area (Å²) in [5.41, 5.74) is 0.840. The second kappa shape index (κ2) is 8.53. The molecule has 0 spiro atoms. The number of carbonyl (C=O) groups excluding carboxylic acids is 1. The molecule has 1 aromatic heterocycles. The molecule has 1 saturated heterocycles. The van der Waals surface area contributed by atoms with E-state index in [2.05, 4.69) is 15.5 Å². The molecule has 4 rings (SSSR count). The zero-order valence-corrected chi connectivity index (χ0v) is 17.8.